The van der Waals surface area contributed by atoms with Gasteiger partial charge in [0.25, 0.3) is 0 Å². The number of hydrogen-bond donors (Lipinski definition) is 1. The molecular weight excluding hydrogens is 248 g/mol. The molecule has 2 rings (SSSR count). The van der Waals surface area contributed by atoms with E-state index in [1.165, 1.54) is 29.5 Å². The molecule has 0 atom stereocenters. The van der Waals surface area contributed by atoms with Gasteiger partial charge in [0.2, 0.25) is 0 Å². The van der Waals surface area contributed by atoms with Crippen molar-refractivity contribution < 1.29 is 0 Å². The van der Waals surface area contributed by atoms with Crippen LogP contribution < -0.4 is 0 Å². The highest BCUT2D eigenvalue weighted by atomic mass is 32.1. The summed E-state index contributed by atoms with van der Waals surface area (Å²) in [4.78, 5) is 0. The van der Waals surface area contributed by atoms with Crippen LogP contribution in [-0.2, 0) is 6.42 Å². The van der Waals surface area contributed by atoms with Gasteiger partial charge in [-0.25, -0.2) is 0 Å². The summed E-state index contributed by atoms with van der Waals surface area (Å²) in [5, 5.41) is 0. The number of thiol groups is 1. The average Bonchev–Trinajstić information content (AvgIpc) is 2.48. The Balaban J connectivity index is 2.07. The first-order chi connectivity index (χ1) is 9.33. The third-order valence-electron chi connectivity index (χ3n) is 3.21. The van der Waals surface area contributed by atoms with Crippen molar-refractivity contribution in [2.24, 2.45) is 0 Å². The van der Waals surface area contributed by atoms with Crippen LogP contribution in [0.5, 0.6) is 0 Å². The van der Waals surface area contributed by atoms with Gasteiger partial charge in [-0.3, -0.25) is 0 Å². The van der Waals surface area contributed by atoms with Gasteiger partial charge in [0.05, 0.1) is 0 Å². The van der Waals surface area contributed by atoms with E-state index in [0.717, 1.165) is 17.7 Å². The second-order valence-electron chi connectivity index (χ2n) is 4.60. The number of aryl methyl sites for hydroxylation is 1. The topological polar surface area (TPSA) is 0 Å². The first kappa shape index (κ1) is 13.8. The lowest BCUT2D eigenvalue weighted by Gasteiger charge is -2.05. The van der Waals surface area contributed by atoms with E-state index in [-0.39, 0.29) is 0 Å². The normalized spacial score (nSPS) is 10.1. The van der Waals surface area contributed by atoms with Gasteiger partial charge in [-0.2, -0.15) is 12.6 Å². The molecule has 0 N–H and O–H groups in total. The minimum absolute atomic E-state index is 0.923. The van der Waals surface area contributed by atoms with E-state index in [9.17, 15) is 0 Å². The van der Waals surface area contributed by atoms with Crippen LogP contribution in [0.1, 0.15) is 24.0 Å². The van der Waals surface area contributed by atoms with E-state index < -0.39 is 0 Å². The molecule has 96 valence electrons. The lowest BCUT2D eigenvalue weighted by molar-refractivity contribution is 0.804. The Bertz CT molecular complexity index is 544. The fourth-order valence-electron chi connectivity index (χ4n) is 2.06. The Morgan fingerprint density at radius 2 is 1.42 bits per heavy atom. The molecule has 0 unspecified atom stereocenters. The lowest BCUT2D eigenvalue weighted by atomic mass is 10.0. The molecule has 0 nitrogen and oxygen atoms in total. The van der Waals surface area contributed by atoms with Crippen molar-refractivity contribution in [3.8, 4) is 23.5 Å². The molecule has 2 aromatic rings. The highest BCUT2D eigenvalue weighted by Crippen LogP contribution is 2.20. The van der Waals surface area contributed by atoms with E-state index in [4.69, 9.17) is 6.42 Å². The summed E-state index contributed by atoms with van der Waals surface area (Å²) in [6, 6.07) is 16.9. The number of benzene rings is 2. The maximum atomic E-state index is 5.36. The van der Waals surface area contributed by atoms with Gasteiger partial charge in [0.15, 0.2) is 0 Å². The Hall–Kier alpha value is -1.65. The molecule has 0 aliphatic carbocycles. The molecule has 0 aliphatic rings. The Kier molecular flexibility index (Phi) is 5.12. The number of rotatable bonds is 5. The highest BCUT2D eigenvalue weighted by molar-refractivity contribution is 7.80. The number of terminal acetylenes is 1. The van der Waals surface area contributed by atoms with Gasteiger partial charge < -0.3 is 0 Å². The predicted molar refractivity (Wildman–Crippen MR) is 86.6 cm³/mol. The SMILES string of the molecule is C#Cc1ccc(-c2ccc(CCCCS)cc2)cc1. The second-order valence-corrected chi connectivity index (χ2v) is 5.05. The zero-order chi connectivity index (χ0) is 13.5. The predicted octanol–water partition coefficient (Wildman–Crippen LogP) is 4.59. The first-order valence-corrected chi connectivity index (χ1v) is 7.23. The van der Waals surface area contributed by atoms with Gasteiger partial charge in [-0.1, -0.05) is 42.3 Å². The fraction of sp³-hybridized carbons (Fsp3) is 0.222. The molecule has 0 saturated heterocycles. The van der Waals surface area contributed by atoms with E-state index in [2.05, 4.69) is 54.9 Å². The zero-order valence-corrected chi connectivity index (χ0v) is 11.9. The molecule has 0 amide bonds. The van der Waals surface area contributed by atoms with E-state index in [1.54, 1.807) is 0 Å². The van der Waals surface area contributed by atoms with Crippen LogP contribution in [0.4, 0.5) is 0 Å². The Morgan fingerprint density at radius 3 is 1.95 bits per heavy atom. The van der Waals surface area contributed by atoms with Crippen LogP contribution in [0.2, 0.25) is 0 Å². The Morgan fingerprint density at radius 1 is 0.842 bits per heavy atom. The van der Waals surface area contributed by atoms with Gasteiger partial charge >= 0.3 is 0 Å². The van der Waals surface area contributed by atoms with Crippen molar-refractivity contribution in [3.63, 3.8) is 0 Å². The number of hydrogen-bond acceptors (Lipinski definition) is 1. The molecule has 0 aliphatic heterocycles. The van der Waals surface area contributed by atoms with Gasteiger partial charge in [-0.15, -0.1) is 6.42 Å². The van der Waals surface area contributed by atoms with Gasteiger partial charge in [0, 0.05) is 5.56 Å². The zero-order valence-electron chi connectivity index (χ0n) is 11.0. The van der Waals surface area contributed by atoms with Gasteiger partial charge in [0.1, 0.15) is 0 Å². The smallest absolute Gasteiger partial charge is 0.0243 e. The standard InChI is InChI=1S/C18H18S/c1-2-15-6-10-17(11-7-15)18-12-8-16(9-13-18)5-3-4-14-19/h1,6-13,19H,3-5,14H2. The third-order valence-corrected chi connectivity index (χ3v) is 3.53. The van der Waals surface area contributed by atoms with Crippen LogP contribution in [-0.4, -0.2) is 5.75 Å². The van der Waals surface area contributed by atoms with Crippen molar-refractivity contribution in [1.82, 2.24) is 0 Å². The second kappa shape index (κ2) is 7.07. The first-order valence-electron chi connectivity index (χ1n) is 6.60. The van der Waals surface area contributed by atoms with Crippen LogP contribution >= 0.6 is 12.6 Å². The monoisotopic (exact) mass is 266 g/mol. The molecular formula is C18H18S. The molecule has 1 heteroatoms. The average molecular weight is 266 g/mol. The maximum absolute atomic E-state index is 5.36. The highest BCUT2D eigenvalue weighted by Gasteiger charge is 1.98. The number of unbranched alkanes of at least 4 members (excludes halogenated alkanes) is 1. The molecule has 19 heavy (non-hydrogen) atoms. The maximum Gasteiger partial charge on any atom is 0.0243 e. The van der Waals surface area contributed by atoms with Crippen LogP contribution in [0.15, 0.2) is 48.5 Å². The third kappa shape index (κ3) is 3.91. The van der Waals surface area contributed by atoms with Crippen molar-refractivity contribution in [3.05, 3.63) is 59.7 Å². The molecule has 0 aromatic heterocycles. The fourth-order valence-corrected chi connectivity index (χ4v) is 2.29. The van der Waals surface area contributed by atoms with E-state index in [0.29, 0.717) is 0 Å². The molecule has 0 fully saturated rings. The minimum atomic E-state index is 0.923. The van der Waals surface area contributed by atoms with Crippen molar-refractivity contribution >= 4 is 12.6 Å². The summed E-state index contributed by atoms with van der Waals surface area (Å²) in [6.45, 7) is 0. The van der Waals surface area contributed by atoms with E-state index in [1.807, 2.05) is 12.1 Å². The van der Waals surface area contributed by atoms with Gasteiger partial charge in [-0.05, 0) is 53.8 Å². The molecule has 0 bridgehead atoms. The molecule has 0 radical (unpaired) electrons. The molecule has 0 spiro atoms. The van der Waals surface area contributed by atoms with Crippen LogP contribution in [0.25, 0.3) is 11.1 Å². The summed E-state index contributed by atoms with van der Waals surface area (Å²) in [7, 11) is 0. The van der Waals surface area contributed by atoms with Crippen molar-refractivity contribution in [2.75, 3.05) is 5.75 Å². The summed E-state index contributed by atoms with van der Waals surface area (Å²) >= 11 is 4.23. The largest absolute Gasteiger partial charge is 0.179 e. The summed E-state index contributed by atoms with van der Waals surface area (Å²) in [5.74, 6) is 3.61. The molecule has 0 saturated carbocycles. The summed E-state index contributed by atoms with van der Waals surface area (Å²) < 4.78 is 0. The minimum Gasteiger partial charge on any atom is -0.179 e. The van der Waals surface area contributed by atoms with E-state index >= 15 is 0 Å². The van der Waals surface area contributed by atoms with Crippen LogP contribution in [0, 0.1) is 12.3 Å². The Labute approximate surface area is 121 Å². The van der Waals surface area contributed by atoms with Crippen molar-refractivity contribution in [1.29, 1.82) is 0 Å². The lowest BCUT2D eigenvalue weighted by Crippen LogP contribution is -1.87. The summed E-state index contributed by atoms with van der Waals surface area (Å²) in [5.41, 5.74) is 4.76. The molecule has 0 heterocycles. The molecule has 2 aromatic carbocycles. The van der Waals surface area contributed by atoms with Crippen molar-refractivity contribution in [2.45, 2.75) is 19.3 Å². The summed E-state index contributed by atoms with van der Waals surface area (Å²) in [6.07, 6.45) is 8.88. The van der Waals surface area contributed by atoms with Crippen LogP contribution in [0.3, 0.4) is 0 Å². The quantitative estimate of drug-likeness (QED) is 0.457.